The molecule has 2 rings (SSSR count). The number of sulfone groups is 1. The lowest BCUT2D eigenvalue weighted by Crippen LogP contribution is -2.48. The molecule has 5 heteroatoms. The molecule has 1 heterocycles. The third-order valence-electron chi connectivity index (χ3n) is 3.59. The number of carbonyl (C=O) groups is 1. The van der Waals surface area contributed by atoms with Crippen LogP contribution in [-0.2, 0) is 14.6 Å². The molecule has 1 unspecified atom stereocenters. The van der Waals surface area contributed by atoms with Gasteiger partial charge in [-0.15, -0.1) is 0 Å². The first-order valence-electron chi connectivity index (χ1n) is 6.06. The molecule has 1 saturated carbocycles. The summed E-state index contributed by atoms with van der Waals surface area (Å²) in [5.74, 6) is 0.755. The Balaban J connectivity index is 1.99. The van der Waals surface area contributed by atoms with Gasteiger partial charge in [-0.05, 0) is 12.8 Å². The second-order valence-corrected chi connectivity index (χ2v) is 7.07. The zero-order chi connectivity index (χ0) is 11.6. The molecular formula is C11H19NO3S. The number of hydrogen-bond donors (Lipinski definition) is 0. The van der Waals surface area contributed by atoms with Crippen molar-refractivity contribution in [1.29, 1.82) is 0 Å². The van der Waals surface area contributed by atoms with Crippen molar-refractivity contribution in [2.24, 2.45) is 0 Å². The lowest BCUT2D eigenvalue weighted by molar-refractivity contribution is -0.124. The second-order valence-electron chi connectivity index (χ2n) is 4.77. The molecule has 1 saturated heterocycles. The maximum Gasteiger partial charge on any atom is 0.152 e. The molecule has 0 amide bonds. The monoisotopic (exact) mass is 245 g/mol. The largest absolute Gasteiger partial charge is 0.298 e. The van der Waals surface area contributed by atoms with Gasteiger partial charge >= 0.3 is 0 Å². The molecule has 0 bridgehead atoms. The number of ketones is 1. The van der Waals surface area contributed by atoms with E-state index in [0.29, 0.717) is 25.3 Å². The van der Waals surface area contributed by atoms with Crippen LogP contribution in [0, 0.1) is 0 Å². The quantitative estimate of drug-likeness (QED) is 0.635. The highest BCUT2D eigenvalue weighted by molar-refractivity contribution is 7.91. The molecule has 0 spiro atoms. The lowest BCUT2D eigenvalue weighted by atomic mass is 10.1. The van der Waals surface area contributed by atoms with Crippen LogP contribution in [0.3, 0.4) is 0 Å². The Bertz CT molecular complexity index is 349. The van der Waals surface area contributed by atoms with Gasteiger partial charge in [0.15, 0.2) is 9.84 Å². The molecular weight excluding hydrogens is 226 g/mol. The molecule has 16 heavy (non-hydrogen) atoms. The van der Waals surface area contributed by atoms with Crippen LogP contribution >= 0.6 is 0 Å². The van der Waals surface area contributed by atoms with Crippen LogP contribution in [-0.4, -0.2) is 49.7 Å². The summed E-state index contributed by atoms with van der Waals surface area (Å²) in [6.45, 7) is 1.08. The minimum absolute atomic E-state index is 0.00185. The molecule has 0 N–H and O–H groups in total. The fourth-order valence-electron chi connectivity index (χ4n) is 2.57. The number of hydrogen-bond acceptors (Lipinski definition) is 4. The van der Waals surface area contributed by atoms with Gasteiger partial charge in [0.25, 0.3) is 0 Å². The molecule has 1 atom stereocenters. The Kier molecular flexibility index (Phi) is 3.64. The van der Waals surface area contributed by atoms with Crippen molar-refractivity contribution < 1.29 is 13.2 Å². The van der Waals surface area contributed by atoms with E-state index < -0.39 is 9.84 Å². The standard InChI is InChI=1S/C11H19NO3S/c13-11-5-3-1-2-4-10(11)12-6-8-16(14,15)9-7-12/h10H,1-9H2. The normalized spacial score (nSPS) is 32.2. The summed E-state index contributed by atoms with van der Waals surface area (Å²) in [6, 6.07) is -0.00185. The van der Waals surface area contributed by atoms with Crippen molar-refractivity contribution in [3.63, 3.8) is 0 Å². The van der Waals surface area contributed by atoms with E-state index >= 15 is 0 Å². The highest BCUT2D eigenvalue weighted by Gasteiger charge is 2.31. The number of carbonyl (C=O) groups excluding carboxylic acids is 1. The summed E-state index contributed by atoms with van der Waals surface area (Å²) in [7, 11) is -2.83. The highest BCUT2D eigenvalue weighted by atomic mass is 32.2. The maximum atomic E-state index is 11.9. The van der Waals surface area contributed by atoms with E-state index in [2.05, 4.69) is 4.90 Å². The Morgan fingerprint density at radius 2 is 1.75 bits per heavy atom. The number of nitrogens with zero attached hydrogens (tertiary/aromatic N) is 1. The van der Waals surface area contributed by atoms with E-state index in [-0.39, 0.29) is 17.5 Å². The molecule has 0 aromatic heterocycles. The second kappa shape index (κ2) is 4.84. The summed E-state index contributed by atoms with van der Waals surface area (Å²) in [6.07, 6.45) is 4.82. The van der Waals surface area contributed by atoms with Crippen molar-refractivity contribution in [2.75, 3.05) is 24.6 Å². The zero-order valence-corrected chi connectivity index (χ0v) is 10.3. The van der Waals surface area contributed by atoms with Crippen molar-refractivity contribution in [3.05, 3.63) is 0 Å². The fourth-order valence-corrected chi connectivity index (χ4v) is 3.80. The summed E-state index contributed by atoms with van der Waals surface area (Å²) in [5.41, 5.74) is 0. The molecule has 1 aliphatic carbocycles. The van der Waals surface area contributed by atoms with E-state index in [1.807, 2.05) is 0 Å². The Morgan fingerprint density at radius 3 is 2.44 bits per heavy atom. The first kappa shape index (κ1) is 12.0. The third kappa shape index (κ3) is 2.83. The summed E-state index contributed by atoms with van der Waals surface area (Å²) >= 11 is 0. The maximum absolute atomic E-state index is 11.9. The van der Waals surface area contributed by atoms with E-state index in [0.717, 1.165) is 25.7 Å². The topological polar surface area (TPSA) is 54.5 Å². The minimum Gasteiger partial charge on any atom is -0.298 e. The number of Topliss-reactive ketones (excluding diaryl/α,β-unsaturated/α-hetero) is 1. The van der Waals surface area contributed by atoms with Gasteiger partial charge in [-0.1, -0.05) is 12.8 Å². The SMILES string of the molecule is O=C1CCCCCC1N1CCS(=O)(=O)CC1. The number of rotatable bonds is 1. The predicted molar refractivity (Wildman–Crippen MR) is 62.1 cm³/mol. The van der Waals surface area contributed by atoms with Gasteiger partial charge in [0.1, 0.15) is 5.78 Å². The predicted octanol–water partition coefficient (Wildman–Crippen LogP) is 0.619. The Labute approximate surface area is 96.9 Å². The Hall–Kier alpha value is -0.420. The van der Waals surface area contributed by atoms with Gasteiger partial charge in [-0.2, -0.15) is 0 Å². The average Bonchev–Trinajstić information content (AvgIpc) is 2.44. The van der Waals surface area contributed by atoms with Gasteiger partial charge in [-0.3, -0.25) is 9.69 Å². The molecule has 1 aliphatic heterocycles. The lowest BCUT2D eigenvalue weighted by Gasteiger charge is -2.32. The Morgan fingerprint density at radius 1 is 1.06 bits per heavy atom. The molecule has 4 nitrogen and oxygen atoms in total. The minimum atomic E-state index is -2.83. The van der Waals surface area contributed by atoms with Crippen LogP contribution in [0.5, 0.6) is 0 Å². The molecule has 2 fully saturated rings. The third-order valence-corrected chi connectivity index (χ3v) is 5.20. The molecule has 0 aromatic carbocycles. The zero-order valence-electron chi connectivity index (χ0n) is 9.52. The van der Waals surface area contributed by atoms with Gasteiger partial charge in [0.05, 0.1) is 17.5 Å². The van der Waals surface area contributed by atoms with Crippen LogP contribution in [0.1, 0.15) is 32.1 Å². The van der Waals surface area contributed by atoms with Crippen molar-refractivity contribution in [2.45, 2.75) is 38.1 Å². The molecule has 2 aliphatic rings. The van der Waals surface area contributed by atoms with Gasteiger partial charge < -0.3 is 0 Å². The van der Waals surface area contributed by atoms with E-state index in [1.54, 1.807) is 0 Å². The van der Waals surface area contributed by atoms with Crippen molar-refractivity contribution >= 4 is 15.6 Å². The van der Waals surface area contributed by atoms with Crippen molar-refractivity contribution in [3.8, 4) is 0 Å². The summed E-state index contributed by atoms with van der Waals surface area (Å²) < 4.78 is 22.6. The molecule has 0 aromatic rings. The van der Waals surface area contributed by atoms with Crippen LogP contribution < -0.4 is 0 Å². The first-order valence-corrected chi connectivity index (χ1v) is 7.88. The highest BCUT2D eigenvalue weighted by Crippen LogP contribution is 2.20. The van der Waals surface area contributed by atoms with E-state index in [4.69, 9.17) is 0 Å². The summed E-state index contributed by atoms with van der Waals surface area (Å²) in [5, 5.41) is 0. The van der Waals surface area contributed by atoms with Crippen LogP contribution in [0.4, 0.5) is 0 Å². The van der Waals surface area contributed by atoms with E-state index in [1.165, 1.54) is 0 Å². The van der Waals surface area contributed by atoms with Crippen LogP contribution in [0.25, 0.3) is 0 Å². The smallest absolute Gasteiger partial charge is 0.152 e. The first-order chi connectivity index (χ1) is 7.58. The fraction of sp³-hybridized carbons (Fsp3) is 0.909. The average molecular weight is 245 g/mol. The van der Waals surface area contributed by atoms with Gasteiger partial charge in [-0.25, -0.2) is 8.42 Å². The van der Waals surface area contributed by atoms with Crippen LogP contribution in [0.15, 0.2) is 0 Å². The molecule has 92 valence electrons. The van der Waals surface area contributed by atoms with Gasteiger partial charge in [0.2, 0.25) is 0 Å². The van der Waals surface area contributed by atoms with E-state index in [9.17, 15) is 13.2 Å². The summed E-state index contributed by atoms with van der Waals surface area (Å²) in [4.78, 5) is 14.0. The van der Waals surface area contributed by atoms with Crippen molar-refractivity contribution in [1.82, 2.24) is 4.90 Å². The molecule has 0 radical (unpaired) electrons. The van der Waals surface area contributed by atoms with Gasteiger partial charge in [0, 0.05) is 19.5 Å². The van der Waals surface area contributed by atoms with Crippen LogP contribution in [0.2, 0.25) is 0 Å².